The molecule has 2 aromatic rings. The van der Waals surface area contributed by atoms with Gasteiger partial charge in [-0.25, -0.2) is 4.79 Å². The molecule has 3 N–H and O–H groups in total. The van der Waals surface area contributed by atoms with Gasteiger partial charge in [0.1, 0.15) is 5.69 Å². The summed E-state index contributed by atoms with van der Waals surface area (Å²) >= 11 is 0. The number of para-hydroxylation sites is 1. The normalized spacial score (nSPS) is 14.4. The van der Waals surface area contributed by atoms with Crippen molar-refractivity contribution in [2.75, 3.05) is 5.32 Å². The van der Waals surface area contributed by atoms with Gasteiger partial charge in [-0.15, -0.1) is 0 Å². The largest absolute Gasteiger partial charge is 0.477 e. The molecule has 0 saturated carbocycles. The van der Waals surface area contributed by atoms with E-state index in [9.17, 15) is 9.90 Å². The molecule has 1 heterocycles. The lowest BCUT2D eigenvalue weighted by Gasteiger charge is -2.09. The van der Waals surface area contributed by atoms with Gasteiger partial charge >= 0.3 is 5.97 Å². The molecule has 0 fully saturated rings. The molecule has 0 bridgehead atoms. The molecule has 0 aliphatic heterocycles. The summed E-state index contributed by atoms with van der Waals surface area (Å²) in [7, 11) is 0. The summed E-state index contributed by atoms with van der Waals surface area (Å²) < 4.78 is 0. The van der Waals surface area contributed by atoms with Crippen LogP contribution in [-0.4, -0.2) is 16.1 Å². The average Bonchev–Trinajstić information content (AvgIpc) is 2.64. The maximum absolute atomic E-state index is 11.4. The van der Waals surface area contributed by atoms with Gasteiger partial charge in [-0.2, -0.15) is 0 Å². The highest BCUT2D eigenvalue weighted by Crippen LogP contribution is 2.32. The van der Waals surface area contributed by atoms with Gasteiger partial charge in [-0.3, -0.25) is 0 Å². The van der Waals surface area contributed by atoms with E-state index < -0.39 is 5.97 Å². The molecule has 1 aliphatic carbocycles. The van der Waals surface area contributed by atoms with E-state index >= 15 is 0 Å². The highest BCUT2D eigenvalue weighted by atomic mass is 16.4. The Labute approximate surface area is 117 Å². The average molecular weight is 270 g/mol. The molecule has 3 rings (SSSR count). The molecule has 0 radical (unpaired) electrons. The molecule has 0 saturated heterocycles. The van der Waals surface area contributed by atoms with Crippen molar-refractivity contribution in [1.29, 1.82) is 0 Å². The van der Waals surface area contributed by atoms with Crippen LogP contribution in [-0.2, 0) is 12.8 Å². The van der Waals surface area contributed by atoms with E-state index in [2.05, 4.69) is 10.3 Å². The number of carboxylic acid groups (broad SMARTS) is 1. The van der Waals surface area contributed by atoms with Crippen molar-refractivity contribution < 1.29 is 9.90 Å². The number of fused-ring (bicyclic) bond motifs is 1. The van der Waals surface area contributed by atoms with Crippen LogP contribution in [0, 0.1) is 0 Å². The van der Waals surface area contributed by atoms with Crippen LogP contribution in [0.15, 0.2) is 30.3 Å². The third-order valence-corrected chi connectivity index (χ3v) is 3.80. The Kier molecular flexibility index (Phi) is 3.46. The molecular formula is C16H18N2O2. The molecule has 4 nitrogen and oxygen atoms in total. The van der Waals surface area contributed by atoms with Crippen LogP contribution < -0.4 is 5.32 Å². The summed E-state index contributed by atoms with van der Waals surface area (Å²) in [6.07, 6.45) is 5.32. The standard InChI is InChI=1S/C16H18N2O2/c19-16(20)15-14(17-11-7-3-1-4-8-11)12-9-5-2-6-10-13(12)18-15/h1,3-4,7-8,17-18H,2,5-6,9-10H2,(H,19,20). The van der Waals surface area contributed by atoms with Crippen LogP contribution >= 0.6 is 0 Å². The highest BCUT2D eigenvalue weighted by Gasteiger charge is 2.22. The van der Waals surface area contributed by atoms with Crippen LogP contribution in [0.2, 0.25) is 0 Å². The quantitative estimate of drug-likeness (QED) is 0.745. The Morgan fingerprint density at radius 1 is 1.10 bits per heavy atom. The number of aryl methyl sites for hydroxylation is 1. The molecule has 0 spiro atoms. The molecule has 1 aromatic heterocycles. The number of aromatic amines is 1. The zero-order chi connectivity index (χ0) is 13.9. The molecule has 0 unspecified atom stereocenters. The molecule has 20 heavy (non-hydrogen) atoms. The Hall–Kier alpha value is -2.23. The number of benzene rings is 1. The Bertz CT molecular complexity index is 617. The van der Waals surface area contributed by atoms with E-state index in [1.54, 1.807) is 0 Å². The fourth-order valence-electron chi connectivity index (χ4n) is 2.82. The van der Waals surface area contributed by atoms with Gasteiger partial charge in [-0.05, 0) is 43.4 Å². The van der Waals surface area contributed by atoms with Crippen molar-refractivity contribution in [2.24, 2.45) is 0 Å². The second-order valence-corrected chi connectivity index (χ2v) is 5.19. The number of carbonyl (C=O) groups is 1. The van der Waals surface area contributed by atoms with E-state index in [1.807, 2.05) is 30.3 Å². The lowest BCUT2D eigenvalue weighted by Crippen LogP contribution is -2.03. The fraction of sp³-hybridized carbons (Fsp3) is 0.312. The molecule has 1 aliphatic rings. The van der Waals surface area contributed by atoms with E-state index in [1.165, 1.54) is 6.42 Å². The summed E-state index contributed by atoms with van der Waals surface area (Å²) in [6.45, 7) is 0. The lowest BCUT2D eigenvalue weighted by atomic mass is 10.1. The SMILES string of the molecule is O=C(O)c1[nH]c2c(c1Nc1ccccc1)CCCCC2. The number of hydrogen-bond donors (Lipinski definition) is 3. The summed E-state index contributed by atoms with van der Waals surface area (Å²) in [4.78, 5) is 14.5. The van der Waals surface area contributed by atoms with Gasteiger partial charge in [0.25, 0.3) is 0 Å². The van der Waals surface area contributed by atoms with E-state index in [0.29, 0.717) is 0 Å². The van der Waals surface area contributed by atoms with Crippen LogP contribution in [0.25, 0.3) is 0 Å². The molecule has 104 valence electrons. The van der Waals surface area contributed by atoms with Crippen molar-refractivity contribution >= 4 is 17.3 Å². The molecule has 1 aromatic carbocycles. The predicted octanol–water partition coefficient (Wildman–Crippen LogP) is 3.73. The topological polar surface area (TPSA) is 65.1 Å². The highest BCUT2D eigenvalue weighted by molar-refractivity contribution is 5.95. The summed E-state index contributed by atoms with van der Waals surface area (Å²) in [5.74, 6) is -0.906. The van der Waals surface area contributed by atoms with Gasteiger partial charge < -0.3 is 15.4 Å². The minimum Gasteiger partial charge on any atom is -0.477 e. The number of aromatic nitrogens is 1. The monoisotopic (exact) mass is 270 g/mol. The third kappa shape index (κ3) is 2.41. The second-order valence-electron chi connectivity index (χ2n) is 5.19. The van der Waals surface area contributed by atoms with Crippen molar-refractivity contribution in [1.82, 2.24) is 4.98 Å². The Morgan fingerprint density at radius 2 is 1.85 bits per heavy atom. The summed E-state index contributed by atoms with van der Waals surface area (Å²) in [5.41, 5.74) is 4.16. The summed E-state index contributed by atoms with van der Waals surface area (Å²) in [5, 5.41) is 12.7. The first kappa shape index (κ1) is 12.8. The maximum Gasteiger partial charge on any atom is 0.354 e. The van der Waals surface area contributed by atoms with Crippen LogP contribution in [0.5, 0.6) is 0 Å². The number of rotatable bonds is 3. The summed E-state index contributed by atoms with van der Waals surface area (Å²) in [6, 6.07) is 9.71. The van der Waals surface area contributed by atoms with Gasteiger partial charge in [0.05, 0.1) is 5.69 Å². The van der Waals surface area contributed by atoms with Crippen molar-refractivity contribution in [2.45, 2.75) is 32.1 Å². The Morgan fingerprint density at radius 3 is 2.60 bits per heavy atom. The fourth-order valence-corrected chi connectivity index (χ4v) is 2.82. The smallest absolute Gasteiger partial charge is 0.354 e. The number of hydrogen-bond acceptors (Lipinski definition) is 2. The molecular weight excluding hydrogens is 252 g/mol. The van der Waals surface area contributed by atoms with E-state index in [0.717, 1.165) is 48.3 Å². The van der Waals surface area contributed by atoms with Gasteiger partial charge in [-0.1, -0.05) is 24.6 Å². The van der Waals surface area contributed by atoms with Crippen LogP contribution in [0.1, 0.15) is 41.0 Å². The van der Waals surface area contributed by atoms with Crippen molar-refractivity contribution in [3.8, 4) is 0 Å². The second kappa shape index (κ2) is 5.41. The minimum absolute atomic E-state index is 0.278. The maximum atomic E-state index is 11.4. The van der Waals surface area contributed by atoms with Gasteiger partial charge in [0, 0.05) is 11.4 Å². The van der Waals surface area contributed by atoms with Gasteiger partial charge in [0.15, 0.2) is 0 Å². The first-order valence-corrected chi connectivity index (χ1v) is 7.05. The zero-order valence-electron chi connectivity index (χ0n) is 11.3. The van der Waals surface area contributed by atoms with E-state index in [-0.39, 0.29) is 5.69 Å². The molecule has 4 heteroatoms. The first-order chi connectivity index (χ1) is 9.75. The Balaban J connectivity index is 2.03. The van der Waals surface area contributed by atoms with E-state index in [4.69, 9.17) is 0 Å². The third-order valence-electron chi connectivity index (χ3n) is 3.80. The number of H-pyrrole nitrogens is 1. The number of nitrogens with one attached hydrogen (secondary N) is 2. The van der Waals surface area contributed by atoms with Gasteiger partial charge in [0.2, 0.25) is 0 Å². The van der Waals surface area contributed by atoms with Crippen LogP contribution in [0.3, 0.4) is 0 Å². The van der Waals surface area contributed by atoms with Crippen molar-refractivity contribution in [3.05, 3.63) is 47.3 Å². The molecule has 0 atom stereocenters. The number of anilines is 2. The first-order valence-electron chi connectivity index (χ1n) is 7.05. The predicted molar refractivity (Wildman–Crippen MR) is 78.7 cm³/mol. The van der Waals surface area contributed by atoms with Crippen molar-refractivity contribution in [3.63, 3.8) is 0 Å². The number of carboxylic acids is 1. The van der Waals surface area contributed by atoms with Crippen LogP contribution in [0.4, 0.5) is 11.4 Å². The minimum atomic E-state index is -0.906. The molecule has 0 amide bonds. The lowest BCUT2D eigenvalue weighted by molar-refractivity contribution is 0.0692. The number of aromatic carboxylic acids is 1. The zero-order valence-corrected chi connectivity index (χ0v) is 11.3.